The Labute approximate surface area is 101 Å². The zero-order valence-corrected chi connectivity index (χ0v) is 10.6. The van der Waals surface area contributed by atoms with Gasteiger partial charge in [0.25, 0.3) is 0 Å². The lowest BCUT2D eigenvalue weighted by atomic mass is 9.98. The molecule has 17 heavy (non-hydrogen) atoms. The molecule has 1 saturated carbocycles. The van der Waals surface area contributed by atoms with E-state index in [1.54, 1.807) is 6.07 Å². The first-order valence-corrected chi connectivity index (χ1v) is 5.79. The smallest absolute Gasteiger partial charge is 0.307 e. The Bertz CT molecular complexity index is 488. The van der Waals surface area contributed by atoms with Gasteiger partial charge in [0.2, 0.25) is 0 Å². The number of hydrogen-bond acceptors (Lipinski definition) is 2. The Morgan fingerprint density at radius 3 is 2.24 bits per heavy atom. The summed E-state index contributed by atoms with van der Waals surface area (Å²) in [6.07, 6.45) is 0. The van der Waals surface area contributed by atoms with Gasteiger partial charge in [-0.05, 0) is 42.0 Å². The quantitative estimate of drug-likeness (QED) is 0.827. The van der Waals surface area contributed by atoms with Gasteiger partial charge in [0.15, 0.2) is 0 Å². The number of rotatable bonds is 2. The van der Waals surface area contributed by atoms with Gasteiger partial charge < -0.3 is 10.2 Å². The van der Waals surface area contributed by atoms with Crippen LogP contribution in [0.15, 0.2) is 12.1 Å². The highest BCUT2D eigenvalue weighted by atomic mass is 16.4. The number of aliphatic carboxylic acids is 1. The molecule has 1 aromatic carbocycles. The molecule has 1 fully saturated rings. The summed E-state index contributed by atoms with van der Waals surface area (Å²) < 4.78 is 0. The molecule has 2 N–H and O–H groups in total. The monoisotopic (exact) mass is 234 g/mol. The number of carboxylic acid groups (broad SMARTS) is 1. The molecule has 0 radical (unpaired) electrons. The Morgan fingerprint density at radius 1 is 1.24 bits per heavy atom. The van der Waals surface area contributed by atoms with E-state index in [-0.39, 0.29) is 17.1 Å². The Kier molecular flexibility index (Phi) is 2.45. The second kappa shape index (κ2) is 3.49. The van der Waals surface area contributed by atoms with Crippen molar-refractivity contribution in [3.05, 3.63) is 28.8 Å². The second-order valence-corrected chi connectivity index (χ2v) is 5.61. The van der Waals surface area contributed by atoms with Crippen molar-refractivity contribution in [3.8, 4) is 5.75 Å². The molecular formula is C14H18O3. The molecule has 92 valence electrons. The lowest BCUT2D eigenvalue weighted by molar-refractivity contribution is -0.139. The first kappa shape index (κ1) is 12.0. The Balaban J connectivity index is 2.44. The largest absolute Gasteiger partial charge is 0.508 e. The summed E-state index contributed by atoms with van der Waals surface area (Å²) >= 11 is 0. The van der Waals surface area contributed by atoms with Gasteiger partial charge in [0.05, 0.1) is 5.92 Å². The van der Waals surface area contributed by atoms with Crippen molar-refractivity contribution in [2.24, 2.45) is 11.3 Å². The third-order valence-electron chi connectivity index (χ3n) is 4.07. The van der Waals surface area contributed by atoms with Gasteiger partial charge in [0, 0.05) is 5.92 Å². The maximum absolute atomic E-state index is 11.1. The summed E-state index contributed by atoms with van der Waals surface area (Å²) in [4.78, 5) is 11.1. The van der Waals surface area contributed by atoms with E-state index in [0.717, 1.165) is 16.7 Å². The third-order valence-corrected chi connectivity index (χ3v) is 4.07. The summed E-state index contributed by atoms with van der Waals surface area (Å²) in [5, 5.41) is 19.1. The van der Waals surface area contributed by atoms with Crippen molar-refractivity contribution in [1.82, 2.24) is 0 Å². The van der Waals surface area contributed by atoms with Crippen LogP contribution in [-0.4, -0.2) is 16.2 Å². The number of phenols is 1. The second-order valence-electron chi connectivity index (χ2n) is 5.61. The topological polar surface area (TPSA) is 57.5 Å². The zero-order chi connectivity index (χ0) is 13.0. The first-order valence-electron chi connectivity index (χ1n) is 5.79. The normalized spacial score (nSPS) is 25.6. The van der Waals surface area contributed by atoms with Crippen molar-refractivity contribution in [3.63, 3.8) is 0 Å². The van der Waals surface area contributed by atoms with Crippen LogP contribution in [0.25, 0.3) is 0 Å². The van der Waals surface area contributed by atoms with Crippen molar-refractivity contribution in [1.29, 1.82) is 0 Å². The molecule has 2 atom stereocenters. The van der Waals surface area contributed by atoms with E-state index in [2.05, 4.69) is 0 Å². The minimum Gasteiger partial charge on any atom is -0.508 e. The molecule has 2 unspecified atom stereocenters. The summed E-state index contributed by atoms with van der Waals surface area (Å²) in [6, 6.07) is 3.64. The van der Waals surface area contributed by atoms with Gasteiger partial charge in [0.1, 0.15) is 5.75 Å². The molecule has 1 aliphatic carbocycles. The van der Waals surface area contributed by atoms with Crippen LogP contribution in [0, 0.1) is 25.2 Å². The van der Waals surface area contributed by atoms with Crippen LogP contribution in [-0.2, 0) is 4.79 Å². The van der Waals surface area contributed by atoms with Gasteiger partial charge >= 0.3 is 5.97 Å². The average Bonchev–Trinajstić information content (AvgIpc) is 2.75. The number of hydrogen-bond donors (Lipinski definition) is 2. The first-order chi connectivity index (χ1) is 7.76. The predicted octanol–water partition coefficient (Wildman–Crippen LogP) is 2.83. The summed E-state index contributed by atoms with van der Waals surface area (Å²) in [5.74, 6) is -1.04. The number of carbonyl (C=O) groups is 1. The van der Waals surface area contributed by atoms with Crippen molar-refractivity contribution < 1.29 is 15.0 Å². The molecule has 0 aliphatic heterocycles. The minimum absolute atomic E-state index is 0.0840. The molecule has 3 heteroatoms. The summed E-state index contributed by atoms with van der Waals surface area (Å²) in [5.41, 5.74) is 2.61. The molecule has 0 bridgehead atoms. The SMILES string of the molecule is Cc1cc(O)c(C2C(C(=O)O)C2(C)C)cc1C. The predicted molar refractivity (Wildman–Crippen MR) is 65.2 cm³/mol. The number of aryl methyl sites for hydroxylation is 2. The highest BCUT2D eigenvalue weighted by molar-refractivity contribution is 5.78. The van der Waals surface area contributed by atoms with E-state index in [1.165, 1.54) is 0 Å². The van der Waals surface area contributed by atoms with E-state index in [4.69, 9.17) is 5.11 Å². The number of carboxylic acids is 1. The third kappa shape index (κ3) is 1.70. The number of benzene rings is 1. The van der Waals surface area contributed by atoms with Crippen LogP contribution in [0.4, 0.5) is 0 Å². The van der Waals surface area contributed by atoms with Gasteiger partial charge in [-0.2, -0.15) is 0 Å². The standard InChI is InChI=1S/C14H18O3/c1-7-5-9(10(15)6-8(7)2)11-12(13(16)17)14(11,3)4/h5-6,11-12,15H,1-4H3,(H,16,17). The maximum atomic E-state index is 11.1. The van der Waals surface area contributed by atoms with Crippen LogP contribution in [0.1, 0.15) is 36.5 Å². The Hall–Kier alpha value is -1.51. The maximum Gasteiger partial charge on any atom is 0.307 e. The van der Waals surface area contributed by atoms with Crippen molar-refractivity contribution >= 4 is 5.97 Å². The zero-order valence-electron chi connectivity index (χ0n) is 10.6. The van der Waals surface area contributed by atoms with Gasteiger partial charge in [-0.3, -0.25) is 4.79 Å². The van der Waals surface area contributed by atoms with E-state index < -0.39 is 11.9 Å². The molecule has 2 rings (SSSR count). The molecular weight excluding hydrogens is 216 g/mol. The lowest BCUT2D eigenvalue weighted by Crippen LogP contribution is -2.03. The average molecular weight is 234 g/mol. The molecule has 1 aliphatic rings. The molecule has 0 saturated heterocycles. The van der Waals surface area contributed by atoms with Crippen LogP contribution in [0.3, 0.4) is 0 Å². The van der Waals surface area contributed by atoms with Crippen LogP contribution < -0.4 is 0 Å². The summed E-state index contributed by atoms with van der Waals surface area (Å²) in [6.45, 7) is 7.78. The van der Waals surface area contributed by atoms with Gasteiger partial charge in [-0.25, -0.2) is 0 Å². The number of phenolic OH excluding ortho intramolecular Hbond substituents is 1. The fraction of sp³-hybridized carbons (Fsp3) is 0.500. The van der Waals surface area contributed by atoms with E-state index >= 15 is 0 Å². The lowest BCUT2D eigenvalue weighted by Gasteiger charge is -2.09. The minimum atomic E-state index is -0.780. The van der Waals surface area contributed by atoms with Gasteiger partial charge in [-0.15, -0.1) is 0 Å². The van der Waals surface area contributed by atoms with Crippen LogP contribution in [0.5, 0.6) is 5.75 Å². The van der Waals surface area contributed by atoms with Crippen molar-refractivity contribution in [2.45, 2.75) is 33.6 Å². The van der Waals surface area contributed by atoms with Crippen LogP contribution in [0.2, 0.25) is 0 Å². The van der Waals surface area contributed by atoms with E-state index in [1.807, 2.05) is 33.8 Å². The van der Waals surface area contributed by atoms with Crippen LogP contribution >= 0.6 is 0 Å². The Morgan fingerprint density at radius 2 is 1.76 bits per heavy atom. The molecule has 0 spiro atoms. The molecule has 0 amide bonds. The molecule has 1 aromatic rings. The van der Waals surface area contributed by atoms with E-state index in [9.17, 15) is 9.90 Å². The fourth-order valence-corrected chi connectivity index (χ4v) is 2.75. The summed E-state index contributed by atoms with van der Waals surface area (Å²) in [7, 11) is 0. The fourth-order valence-electron chi connectivity index (χ4n) is 2.75. The van der Waals surface area contributed by atoms with E-state index in [0.29, 0.717) is 0 Å². The number of aromatic hydroxyl groups is 1. The highest BCUT2D eigenvalue weighted by Crippen LogP contribution is 2.65. The van der Waals surface area contributed by atoms with Crippen molar-refractivity contribution in [2.75, 3.05) is 0 Å². The highest BCUT2D eigenvalue weighted by Gasteiger charge is 2.63. The molecule has 0 aromatic heterocycles. The van der Waals surface area contributed by atoms with Gasteiger partial charge in [-0.1, -0.05) is 19.9 Å². The molecule has 0 heterocycles. The molecule has 3 nitrogen and oxygen atoms in total.